The quantitative estimate of drug-likeness (QED) is 0.387. The van der Waals surface area contributed by atoms with Crippen molar-refractivity contribution in [1.82, 2.24) is 24.8 Å². The normalized spacial score (nSPS) is 18.2. The number of amides is 3. The first kappa shape index (κ1) is 27.2. The molecule has 0 atom stereocenters. The van der Waals surface area contributed by atoms with Gasteiger partial charge in [-0.05, 0) is 48.8 Å². The fourth-order valence-electron chi connectivity index (χ4n) is 6.58. The highest BCUT2D eigenvalue weighted by Crippen LogP contribution is 2.49. The van der Waals surface area contributed by atoms with E-state index in [0.717, 1.165) is 51.7 Å². The first-order valence-electron chi connectivity index (χ1n) is 14.6. The molecule has 10 nitrogen and oxygen atoms in total. The summed E-state index contributed by atoms with van der Waals surface area (Å²) >= 11 is 0. The minimum absolute atomic E-state index is 0.00226. The molecular formula is C33H33N7O3. The number of anilines is 1. The van der Waals surface area contributed by atoms with Crippen molar-refractivity contribution in [3.63, 3.8) is 0 Å². The van der Waals surface area contributed by atoms with E-state index in [2.05, 4.69) is 9.97 Å². The van der Waals surface area contributed by atoms with Crippen LogP contribution in [0.25, 0.3) is 21.9 Å². The molecule has 7 rings (SSSR count). The highest BCUT2D eigenvalue weighted by Gasteiger charge is 2.55. The van der Waals surface area contributed by atoms with E-state index in [1.807, 2.05) is 47.5 Å². The molecule has 2 aliphatic heterocycles. The van der Waals surface area contributed by atoms with Gasteiger partial charge in [0.05, 0.1) is 35.1 Å². The zero-order chi connectivity index (χ0) is 29.9. The predicted molar refractivity (Wildman–Crippen MR) is 162 cm³/mol. The van der Waals surface area contributed by atoms with E-state index in [1.54, 1.807) is 43.7 Å². The molecule has 10 heteroatoms. The lowest BCUT2D eigenvalue weighted by atomic mass is 9.74. The SMILES string of the molecule is CN(C)C(=O)c1ccc(-c2c(CN3C(=O)C4(CCN(C(=O)C5(N)CC5)CC4)c4ccncc43)ncc3ccccc23)cn1. The third kappa shape index (κ3) is 4.36. The van der Waals surface area contributed by atoms with Crippen molar-refractivity contribution in [2.24, 2.45) is 5.73 Å². The lowest BCUT2D eigenvalue weighted by molar-refractivity contribution is -0.137. The highest BCUT2D eigenvalue weighted by molar-refractivity contribution is 6.08. The zero-order valence-electron chi connectivity index (χ0n) is 24.3. The Morgan fingerprint density at radius 3 is 2.42 bits per heavy atom. The van der Waals surface area contributed by atoms with Gasteiger partial charge in [-0.15, -0.1) is 0 Å². The second-order valence-corrected chi connectivity index (χ2v) is 12.1. The number of hydrogen-bond donors (Lipinski definition) is 1. The van der Waals surface area contributed by atoms with Gasteiger partial charge in [0.2, 0.25) is 11.8 Å². The number of piperidine rings is 1. The third-order valence-corrected chi connectivity index (χ3v) is 9.24. The molecule has 3 aliphatic rings. The van der Waals surface area contributed by atoms with Crippen LogP contribution in [0.5, 0.6) is 0 Å². The summed E-state index contributed by atoms with van der Waals surface area (Å²) in [7, 11) is 3.39. The van der Waals surface area contributed by atoms with Crippen LogP contribution >= 0.6 is 0 Å². The van der Waals surface area contributed by atoms with Gasteiger partial charge in [-0.3, -0.25) is 29.3 Å². The lowest BCUT2D eigenvalue weighted by Gasteiger charge is -2.39. The summed E-state index contributed by atoms with van der Waals surface area (Å²) in [6.07, 6.45) is 9.52. The second-order valence-electron chi connectivity index (χ2n) is 12.1. The number of carbonyl (C=O) groups is 3. The largest absolute Gasteiger partial charge is 0.343 e. The predicted octanol–water partition coefficient (Wildman–Crippen LogP) is 3.29. The number of carbonyl (C=O) groups excluding carboxylic acids is 3. The van der Waals surface area contributed by atoms with Gasteiger partial charge in [0.25, 0.3) is 5.91 Å². The van der Waals surface area contributed by atoms with Crippen molar-refractivity contribution in [1.29, 1.82) is 0 Å². The second kappa shape index (κ2) is 9.95. The number of pyridine rings is 3. The number of benzene rings is 1. The first-order chi connectivity index (χ1) is 20.7. The Labute approximate surface area is 249 Å². The van der Waals surface area contributed by atoms with Crippen LogP contribution in [0.3, 0.4) is 0 Å². The van der Waals surface area contributed by atoms with E-state index in [4.69, 9.17) is 10.7 Å². The number of likely N-dealkylation sites (tertiary alicyclic amines) is 1. The molecule has 0 unspecified atom stereocenters. The Bertz CT molecular complexity index is 1770. The Kier molecular flexibility index (Phi) is 6.28. The van der Waals surface area contributed by atoms with Gasteiger partial charge in [0, 0.05) is 62.3 Å². The van der Waals surface area contributed by atoms with Crippen molar-refractivity contribution in [2.75, 3.05) is 32.1 Å². The highest BCUT2D eigenvalue weighted by atomic mass is 16.2. The Hall–Kier alpha value is -4.70. The van der Waals surface area contributed by atoms with Crippen LogP contribution < -0.4 is 10.6 Å². The topological polar surface area (TPSA) is 126 Å². The molecule has 1 aromatic carbocycles. The molecule has 3 aromatic heterocycles. The molecular weight excluding hydrogens is 542 g/mol. The lowest BCUT2D eigenvalue weighted by Crippen LogP contribution is -2.54. The van der Waals surface area contributed by atoms with Gasteiger partial charge >= 0.3 is 0 Å². The molecule has 1 aliphatic carbocycles. The molecule has 3 amide bonds. The van der Waals surface area contributed by atoms with Crippen molar-refractivity contribution in [2.45, 2.75) is 43.2 Å². The minimum atomic E-state index is -0.729. The number of nitrogens with zero attached hydrogens (tertiary/aromatic N) is 6. The van der Waals surface area contributed by atoms with Crippen molar-refractivity contribution in [3.05, 3.63) is 84.2 Å². The number of rotatable bonds is 5. The molecule has 43 heavy (non-hydrogen) atoms. The Balaban J connectivity index is 1.25. The summed E-state index contributed by atoms with van der Waals surface area (Å²) < 4.78 is 0. The molecule has 2 N–H and O–H groups in total. The molecule has 218 valence electrons. The Morgan fingerprint density at radius 2 is 1.72 bits per heavy atom. The van der Waals surface area contributed by atoms with Gasteiger partial charge in [0.15, 0.2) is 0 Å². The smallest absolute Gasteiger partial charge is 0.271 e. The molecule has 0 radical (unpaired) electrons. The van der Waals surface area contributed by atoms with E-state index in [0.29, 0.717) is 31.6 Å². The minimum Gasteiger partial charge on any atom is -0.343 e. The third-order valence-electron chi connectivity index (χ3n) is 9.24. The first-order valence-corrected chi connectivity index (χ1v) is 14.6. The molecule has 4 aromatic rings. The maximum atomic E-state index is 14.4. The maximum Gasteiger partial charge on any atom is 0.271 e. The summed E-state index contributed by atoms with van der Waals surface area (Å²) in [5.41, 5.74) is 9.24. The van der Waals surface area contributed by atoms with E-state index in [-0.39, 0.29) is 24.3 Å². The van der Waals surface area contributed by atoms with E-state index < -0.39 is 11.0 Å². The summed E-state index contributed by atoms with van der Waals surface area (Å²) in [6.45, 7) is 1.22. The number of aromatic nitrogens is 3. The van der Waals surface area contributed by atoms with Crippen molar-refractivity contribution in [3.8, 4) is 11.1 Å². The summed E-state index contributed by atoms with van der Waals surface area (Å²) in [4.78, 5) is 58.7. The average molecular weight is 576 g/mol. The van der Waals surface area contributed by atoms with Gasteiger partial charge in [-0.25, -0.2) is 0 Å². The van der Waals surface area contributed by atoms with Crippen LogP contribution in [0, 0.1) is 0 Å². The van der Waals surface area contributed by atoms with Crippen molar-refractivity contribution >= 4 is 34.2 Å². The summed E-state index contributed by atoms with van der Waals surface area (Å²) in [6, 6.07) is 13.5. The monoisotopic (exact) mass is 575 g/mol. The van der Waals surface area contributed by atoms with Gasteiger partial charge in [0.1, 0.15) is 5.69 Å². The van der Waals surface area contributed by atoms with Crippen LogP contribution in [0.1, 0.15) is 47.4 Å². The number of hydrogen-bond acceptors (Lipinski definition) is 7. The fourth-order valence-corrected chi connectivity index (χ4v) is 6.58. The van der Waals surface area contributed by atoms with Crippen molar-refractivity contribution < 1.29 is 14.4 Å². The van der Waals surface area contributed by atoms with Gasteiger partial charge in [-0.1, -0.05) is 30.3 Å². The van der Waals surface area contributed by atoms with E-state index >= 15 is 0 Å². The standard InChI is InChI=1S/C33H33N7O3/c1-38(2)29(41)25-8-7-22(18-36-25)28-23-6-4-3-5-21(23)17-37-26(28)20-40-27-19-35-14-9-24(27)32(30(40)42)12-15-39(16-13-32)31(43)33(34)10-11-33/h3-9,14,17-19H,10-13,15-16,20,34H2,1-2H3. The Morgan fingerprint density at radius 1 is 0.953 bits per heavy atom. The van der Waals surface area contributed by atoms with E-state index in [9.17, 15) is 14.4 Å². The van der Waals surface area contributed by atoms with Crippen LogP contribution in [0.2, 0.25) is 0 Å². The van der Waals surface area contributed by atoms with Gasteiger partial charge in [-0.2, -0.15) is 0 Å². The van der Waals surface area contributed by atoms with Crippen LogP contribution in [0.4, 0.5) is 5.69 Å². The average Bonchev–Trinajstić information content (AvgIpc) is 3.76. The summed E-state index contributed by atoms with van der Waals surface area (Å²) in [5, 5.41) is 1.95. The maximum absolute atomic E-state index is 14.4. The fraction of sp³-hybridized carbons (Fsp3) is 0.333. The van der Waals surface area contributed by atoms with Gasteiger partial charge < -0.3 is 20.4 Å². The molecule has 0 bridgehead atoms. The van der Waals surface area contributed by atoms with Crippen LogP contribution in [-0.2, 0) is 21.5 Å². The zero-order valence-corrected chi connectivity index (χ0v) is 24.3. The molecule has 1 spiro atoms. The molecule has 1 saturated carbocycles. The number of fused-ring (bicyclic) bond motifs is 3. The molecule has 5 heterocycles. The summed E-state index contributed by atoms with van der Waals surface area (Å²) in [5.74, 6) is -0.176. The van der Waals surface area contributed by atoms with Crippen LogP contribution in [0.15, 0.2) is 67.3 Å². The molecule has 2 fully saturated rings. The molecule has 1 saturated heterocycles. The number of nitrogens with two attached hydrogens (primary N) is 1. The van der Waals surface area contributed by atoms with E-state index in [1.165, 1.54) is 4.90 Å². The van der Waals surface area contributed by atoms with Crippen LogP contribution in [-0.4, -0.2) is 75.2 Å².